The molecule has 1 aliphatic heterocycles. The van der Waals surface area contributed by atoms with Crippen LogP contribution in [-0.2, 0) is 27.4 Å². The fourth-order valence-corrected chi connectivity index (χ4v) is 5.11. The number of benzene rings is 3. The third kappa shape index (κ3) is 6.42. The summed E-state index contributed by atoms with van der Waals surface area (Å²) in [6.45, 7) is 1.58. The molecule has 0 saturated heterocycles. The van der Waals surface area contributed by atoms with Crippen molar-refractivity contribution in [2.75, 3.05) is 18.7 Å². The number of anilines is 1. The van der Waals surface area contributed by atoms with Gasteiger partial charge < -0.3 is 19.7 Å². The minimum atomic E-state index is -4.55. The Morgan fingerprint density at radius 2 is 1.67 bits per heavy atom. The van der Waals surface area contributed by atoms with Gasteiger partial charge in [-0.2, -0.15) is 13.2 Å². The average Bonchev–Trinajstić information content (AvgIpc) is 3.35. The van der Waals surface area contributed by atoms with Gasteiger partial charge in [0, 0.05) is 25.2 Å². The highest BCUT2D eigenvalue weighted by Crippen LogP contribution is 2.35. The van der Waals surface area contributed by atoms with Crippen LogP contribution in [0.4, 0.5) is 23.7 Å². The molecule has 4 rings (SSSR count). The Hall–Kier alpha value is -4.26. The highest BCUT2D eigenvalue weighted by Gasteiger charge is 2.31. The quantitative estimate of drug-likeness (QED) is 0.449. The number of nitrogens with zero attached hydrogens (tertiary/aromatic N) is 1. The molecule has 1 heterocycles. The number of ether oxygens (including phenoxy) is 2. The first-order valence-corrected chi connectivity index (χ1v) is 13.1. The molecule has 39 heavy (non-hydrogen) atoms. The van der Waals surface area contributed by atoms with Gasteiger partial charge in [-0.3, -0.25) is 4.79 Å². The van der Waals surface area contributed by atoms with Crippen LogP contribution in [0.2, 0.25) is 0 Å². The second-order valence-electron chi connectivity index (χ2n) is 8.73. The van der Waals surface area contributed by atoms with Gasteiger partial charge in [-0.1, -0.05) is 30.3 Å². The molecule has 3 amide bonds. The molecule has 1 aliphatic rings. The molecule has 0 radical (unpaired) electrons. The summed E-state index contributed by atoms with van der Waals surface area (Å²) >= 11 is 0. The molecule has 0 aliphatic carbocycles. The van der Waals surface area contributed by atoms with Gasteiger partial charge in [0.2, 0.25) is 12.7 Å². The lowest BCUT2D eigenvalue weighted by Gasteiger charge is -2.25. The van der Waals surface area contributed by atoms with Gasteiger partial charge in [0.05, 0.1) is 10.5 Å². The Balaban J connectivity index is 1.58. The molecule has 206 valence electrons. The van der Waals surface area contributed by atoms with E-state index in [0.29, 0.717) is 28.3 Å². The first kappa shape index (κ1) is 27.8. The van der Waals surface area contributed by atoms with Crippen molar-refractivity contribution in [3.8, 4) is 11.5 Å². The van der Waals surface area contributed by atoms with Crippen LogP contribution >= 0.6 is 0 Å². The van der Waals surface area contributed by atoms with Crippen molar-refractivity contribution in [3.63, 3.8) is 0 Å². The monoisotopic (exact) mass is 563 g/mol. The Bertz CT molecular complexity index is 1490. The predicted octanol–water partition coefficient (Wildman–Crippen LogP) is 4.00. The number of aryl methyl sites for hydroxylation is 1. The number of amides is 3. The van der Waals surface area contributed by atoms with Crippen LogP contribution in [-0.4, -0.2) is 40.2 Å². The second-order valence-corrected chi connectivity index (χ2v) is 10.4. The lowest BCUT2D eigenvalue weighted by molar-refractivity contribution is -0.137. The molecule has 9 nitrogen and oxygen atoms in total. The summed E-state index contributed by atoms with van der Waals surface area (Å²) in [5.41, 5.74) is 0.221. The van der Waals surface area contributed by atoms with Crippen molar-refractivity contribution < 1.29 is 40.7 Å². The van der Waals surface area contributed by atoms with E-state index in [9.17, 15) is 31.2 Å². The lowest BCUT2D eigenvalue weighted by atomic mass is 10.0. The topological polar surface area (TPSA) is 114 Å². The fraction of sp³-hybridized carbons (Fsp3) is 0.231. The summed E-state index contributed by atoms with van der Waals surface area (Å²) < 4.78 is 77.0. The second kappa shape index (κ2) is 10.8. The molecular weight excluding hydrogens is 539 g/mol. The Kier molecular flexibility index (Phi) is 7.72. The van der Waals surface area contributed by atoms with E-state index in [4.69, 9.17) is 9.47 Å². The normalized spacial score (nSPS) is 13.5. The Labute approximate surface area is 222 Å². The van der Waals surface area contributed by atoms with Crippen LogP contribution in [0.5, 0.6) is 11.5 Å². The van der Waals surface area contributed by atoms with Crippen LogP contribution in [0.25, 0.3) is 0 Å². The van der Waals surface area contributed by atoms with E-state index in [2.05, 4.69) is 5.32 Å². The van der Waals surface area contributed by atoms with Crippen molar-refractivity contribution in [2.24, 2.45) is 0 Å². The van der Waals surface area contributed by atoms with Crippen LogP contribution in [0.1, 0.15) is 16.7 Å². The molecule has 1 atom stereocenters. The molecule has 13 heteroatoms. The van der Waals surface area contributed by atoms with Gasteiger partial charge in [-0.25, -0.2) is 17.9 Å². The largest absolute Gasteiger partial charge is 0.454 e. The van der Waals surface area contributed by atoms with Gasteiger partial charge >= 0.3 is 12.2 Å². The van der Waals surface area contributed by atoms with Crippen LogP contribution < -0.4 is 24.4 Å². The van der Waals surface area contributed by atoms with Crippen molar-refractivity contribution in [3.05, 3.63) is 83.4 Å². The number of carbonyl (C=O) groups excluding carboxylic acids is 2. The number of hydrogen-bond donors (Lipinski definition) is 2. The Morgan fingerprint density at radius 1 is 1.00 bits per heavy atom. The van der Waals surface area contributed by atoms with E-state index in [0.717, 1.165) is 12.1 Å². The number of nitrogens with one attached hydrogen (secondary N) is 2. The molecule has 0 fully saturated rings. The standard InChI is InChI=1S/C26H24F3N3O6S/c1-16-5-3-4-6-23(16)39(35,36)31-25(34)30-20(13-17-7-9-18(10-8-17)26(27,28)29)24(33)32(2)19-11-12-21-22(14-19)38-15-37-21/h3-12,14,20H,13,15H2,1-2H3,(H2,30,31,34)/t20-/m0/s1. The zero-order valence-electron chi connectivity index (χ0n) is 20.8. The number of hydrogen-bond acceptors (Lipinski definition) is 6. The van der Waals surface area contributed by atoms with E-state index in [1.807, 2.05) is 4.72 Å². The molecule has 0 bridgehead atoms. The molecule has 3 aromatic rings. The number of carbonyl (C=O) groups is 2. The predicted molar refractivity (Wildman–Crippen MR) is 135 cm³/mol. The van der Waals surface area contributed by atoms with E-state index in [1.165, 1.54) is 36.2 Å². The highest BCUT2D eigenvalue weighted by atomic mass is 32.2. The molecule has 0 spiro atoms. The zero-order chi connectivity index (χ0) is 28.4. The van der Waals surface area contributed by atoms with Gasteiger partial charge in [-0.15, -0.1) is 0 Å². The first-order chi connectivity index (χ1) is 18.3. The van der Waals surface area contributed by atoms with Gasteiger partial charge in [0.1, 0.15) is 6.04 Å². The number of fused-ring (bicyclic) bond motifs is 1. The highest BCUT2D eigenvalue weighted by molar-refractivity contribution is 7.90. The number of rotatable bonds is 7. The molecule has 0 aromatic heterocycles. The maximum atomic E-state index is 13.5. The number of alkyl halides is 3. The first-order valence-electron chi connectivity index (χ1n) is 11.6. The van der Waals surface area contributed by atoms with Crippen molar-refractivity contribution in [1.82, 2.24) is 10.0 Å². The van der Waals surface area contributed by atoms with E-state index in [1.54, 1.807) is 37.3 Å². The molecular formula is C26H24F3N3O6S. The van der Waals surface area contributed by atoms with Crippen LogP contribution in [0, 0.1) is 6.92 Å². The summed E-state index contributed by atoms with van der Waals surface area (Å²) in [6.07, 6.45) is -4.76. The van der Waals surface area contributed by atoms with Crippen molar-refractivity contribution >= 4 is 27.6 Å². The number of likely N-dealkylation sites (N-methyl/N-ethyl adjacent to an activating group) is 1. The van der Waals surface area contributed by atoms with Gasteiger partial charge in [-0.05, 0) is 48.4 Å². The minimum Gasteiger partial charge on any atom is -0.454 e. The Morgan fingerprint density at radius 3 is 2.33 bits per heavy atom. The van der Waals surface area contributed by atoms with Crippen LogP contribution in [0.15, 0.2) is 71.6 Å². The smallest absolute Gasteiger partial charge is 0.416 e. The van der Waals surface area contributed by atoms with E-state index < -0.39 is 39.7 Å². The molecule has 0 unspecified atom stereocenters. The van der Waals surface area contributed by atoms with Crippen molar-refractivity contribution in [2.45, 2.75) is 30.5 Å². The van der Waals surface area contributed by atoms with Crippen LogP contribution in [0.3, 0.4) is 0 Å². The van der Waals surface area contributed by atoms with E-state index >= 15 is 0 Å². The summed E-state index contributed by atoms with van der Waals surface area (Å²) in [7, 11) is -2.84. The average molecular weight is 564 g/mol. The molecule has 0 saturated carbocycles. The summed E-state index contributed by atoms with van der Waals surface area (Å²) in [5, 5.41) is 2.36. The lowest BCUT2D eigenvalue weighted by Crippen LogP contribution is -2.52. The summed E-state index contributed by atoms with van der Waals surface area (Å²) in [5.74, 6) is 0.235. The minimum absolute atomic E-state index is 0.0179. The summed E-state index contributed by atoms with van der Waals surface area (Å²) in [4.78, 5) is 27.4. The number of urea groups is 1. The SMILES string of the molecule is Cc1ccccc1S(=O)(=O)NC(=O)N[C@@H](Cc1ccc(C(F)(F)F)cc1)C(=O)N(C)c1ccc2c(c1)OCO2. The number of sulfonamides is 1. The fourth-order valence-electron chi connectivity index (χ4n) is 3.94. The zero-order valence-corrected chi connectivity index (χ0v) is 21.6. The summed E-state index contributed by atoms with van der Waals surface area (Å²) in [6, 6.07) is 12.3. The maximum absolute atomic E-state index is 13.5. The van der Waals surface area contributed by atoms with Gasteiger partial charge in [0.25, 0.3) is 10.0 Å². The molecule has 3 aromatic carbocycles. The van der Waals surface area contributed by atoms with E-state index in [-0.39, 0.29) is 18.1 Å². The number of halogens is 3. The maximum Gasteiger partial charge on any atom is 0.416 e. The van der Waals surface area contributed by atoms with Crippen molar-refractivity contribution in [1.29, 1.82) is 0 Å². The van der Waals surface area contributed by atoms with Gasteiger partial charge in [0.15, 0.2) is 11.5 Å². The third-order valence-corrected chi connectivity index (χ3v) is 7.50. The molecule has 2 N–H and O–H groups in total. The third-order valence-electron chi connectivity index (χ3n) is 6.01.